The minimum Gasteiger partial charge on any atom is -0.490 e. The van der Waals surface area contributed by atoms with E-state index in [4.69, 9.17) is 9.47 Å². The molecule has 36 heavy (non-hydrogen) atoms. The second-order valence-electron chi connectivity index (χ2n) is 9.07. The zero-order chi connectivity index (χ0) is 24.9. The van der Waals surface area contributed by atoms with Crippen molar-refractivity contribution in [2.75, 3.05) is 6.61 Å². The third-order valence-corrected chi connectivity index (χ3v) is 7.65. The standard InChI is InChI=1S/C28H29N3O4S/c1-2-34-27(33)21-8-12-24(13-9-21)35-25-16-22-10-11-23(17-25)31(22)26(32)20-6-4-19(5-7-20)18-36-28-29-14-3-15-30-28/h3-9,12-15,22-23,25H,2,10-11,16-18H2,1H3. The number of amides is 1. The summed E-state index contributed by atoms with van der Waals surface area (Å²) in [7, 11) is 0. The van der Waals surface area contributed by atoms with Crippen LogP contribution < -0.4 is 4.74 Å². The topological polar surface area (TPSA) is 81.6 Å². The van der Waals surface area contributed by atoms with Gasteiger partial charge in [-0.05, 0) is 67.8 Å². The van der Waals surface area contributed by atoms with Crippen LogP contribution in [-0.4, -0.2) is 51.5 Å². The molecule has 5 rings (SSSR count). The quantitative estimate of drug-likeness (QED) is 0.239. The van der Waals surface area contributed by atoms with Crippen LogP contribution in [0.25, 0.3) is 0 Å². The average Bonchev–Trinajstić information content (AvgIpc) is 3.18. The Morgan fingerprint density at radius 2 is 1.58 bits per heavy atom. The lowest BCUT2D eigenvalue weighted by Crippen LogP contribution is -2.49. The van der Waals surface area contributed by atoms with E-state index in [1.54, 1.807) is 49.3 Å². The molecule has 0 spiro atoms. The second kappa shape index (κ2) is 11.1. The number of thioether (sulfide) groups is 1. The molecule has 2 aliphatic rings. The van der Waals surface area contributed by atoms with Crippen molar-refractivity contribution in [1.29, 1.82) is 0 Å². The number of benzene rings is 2. The van der Waals surface area contributed by atoms with Crippen LogP contribution in [0.15, 0.2) is 72.1 Å². The number of fused-ring (bicyclic) bond motifs is 2. The summed E-state index contributed by atoms with van der Waals surface area (Å²) in [5, 5.41) is 0.745. The van der Waals surface area contributed by atoms with Gasteiger partial charge in [0.2, 0.25) is 0 Å². The van der Waals surface area contributed by atoms with Gasteiger partial charge in [-0.2, -0.15) is 0 Å². The third-order valence-electron chi connectivity index (χ3n) is 6.70. The Morgan fingerprint density at radius 1 is 0.944 bits per heavy atom. The van der Waals surface area contributed by atoms with Gasteiger partial charge in [0, 0.05) is 48.6 Å². The number of hydrogen-bond donors (Lipinski definition) is 0. The Morgan fingerprint density at radius 3 is 2.22 bits per heavy atom. The zero-order valence-corrected chi connectivity index (χ0v) is 21.0. The van der Waals surface area contributed by atoms with Gasteiger partial charge in [0.1, 0.15) is 11.9 Å². The molecule has 0 radical (unpaired) electrons. The Kier molecular flexibility index (Phi) is 7.51. The average molecular weight is 504 g/mol. The summed E-state index contributed by atoms with van der Waals surface area (Å²) in [6, 6.07) is 17.2. The molecule has 7 nitrogen and oxygen atoms in total. The number of aromatic nitrogens is 2. The first kappa shape index (κ1) is 24.3. The molecule has 0 saturated carbocycles. The van der Waals surface area contributed by atoms with E-state index in [1.165, 1.54) is 0 Å². The van der Waals surface area contributed by atoms with Gasteiger partial charge in [0.05, 0.1) is 12.2 Å². The fourth-order valence-electron chi connectivity index (χ4n) is 5.03. The second-order valence-corrected chi connectivity index (χ2v) is 10.0. The van der Waals surface area contributed by atoms with Gasteiger partial charge < -0.3 is 14.4 Å². The molecule has 2 aromatic carbocycles. The van der Waals surface area contributed by atoms with Crippen LogP contribution in [0.5, 0.6) is 5.75 Å². The van der Waals surface area contributed by atoms with Crippen molar-refractivity contribution in [2.24, 2.45) is 0 Å². The van der Waals surface area contributed by atoms with Gasteiger partial charge in [-0.15, -0.1) is 0 Å². The number of ether oxygens (including phenoxy) is 2. The van der Waals surface area contributed by atoms with Crippen LogP contribution in [0, 0.1) is 0 Å². The van der Waals surface area contributed by atoms with Crippen LogP contribution in [0.4, 0.5) is 0 Å². The van der Waals surface area contributed by atoms with Crippen molar-refractivity contribution in [3.63, 3.8) is 0 Å². The molecule has 0 aliphatic carbocycles. The van der Waals surface area contributed by atoms with Crippen LogP contribution in [-0.2, 0) is 10.5 Å². The van der Waals surface area contributed by atoms with E-state index in [9.17, 15) is 9.59 Å². The lowest BCUT2D eigenvalue weighted by Gasteiger charge is -2.39. The van der Waals surface area contributed by atoms with Crippen molar-refractivity contribution < 1.29 is 19.1 Å². The van der Waals surface area contributed by atoms with E-state index in [2.05, 4.69) is 14.9 Å². The van der Waals surface area contributed by atoms with Crippen molar-refractivity contribution in [1.82, 2.24) is 14.9 Å². The van der Waals surface area contributed by atoms with Gasteiger partial charge in [0.15, 0.2) is 5.16 Å². The maximum absolute atomic E-state index is 13.4. The molecule has 2 atom stereocenters. The minimum atomic E-state index is -0.328. The number of piperidine rings is 1. The van der Waals surface area contributed by atoms with E-state index in [0.717, 1.165) is 53.5 Å². The Hall–Kier alpha value is -3.39. The molecular weight excluding hydrogens is 474 g/mol. The highest BCUT2D eigenvalue weighted by Gasteiger charge is 2.44. The predicted molar refractivity (Wildman–Crippen MR) is 137 cm³/mol. The van der Waals surface area contributed by atoms with E-state index in [1.807, 2.05) is 36.4 Å². The SMILES string of the molecule is CCOC(=O)c1ccc(OC2CC3CCC(C2)N3C(=O)c2ccc(CSc3ncccn3)cc2)cc1. The predicted octanol–water partition coefficient (Wildman–Crippen LogP) is 5.16. The molecule has 2 saturated heterocycles. The third kappa shape index (κ3) is 5.54. The number of nitrogens with zero attached hydrogens (tertiary/aromatic N) is 3. The Bertz CT molecular complexity index is 1170. The number of hydrogen-bond acceptors (Lipinski definition) is 7. The monoisotopic (exact) mass is 503 g/mol. The first-order chi connectivity index (χ1) is 17.6. The van der Waals surface area contributed by atoms with Gasteiger partial charge in [0.25, 0.3) is 5.91 Å². The molecule has 2 fully saturated rings. The first-order valence-corrected chi connectivity index (χ1v) is 13.3. The van der Waals surface area contributed by atoms with Crippen molar-refractivity contribution in [3.8, 4) is 5.75 Å². The highest BCUT2D eigenvalue weighted by Crippen LogP contribution is 2.38. The van der Waals surface area contributed by atoms with E-state index in [0.29, 0.717) is 12.2 Å². The summed E-state index contributed by atoms with van der Waals surface area (Å²) in [5.41, 5.74) is 2.38. The fourth-order valence-corrected chi connectivity index (χ4v) is 5.79. The number of rotatable bonds is 8. The number of carbonyl (C=O) groups is 2. The van der Waals surface area contributed by atoms with Crippen LogP contribution >= 0.6 is 11.8 Å². The fraction of sp³-hybridized carbons (Fsp3) is 0.357. The van der Waals surface area contributed by atoms with Crippen molar-refractivity contribution in [2.45, 2.75) is 61.7 Å². The smallest absolute Gasteiger partial charge is 0.338 e. The van der Waals surface area contributed by atoms with Gasteiger partial charge in [-0.1, -0.05) is 23.9 Å². The molecule has 2 aliphatic heterocycles. The maximum Gasteiger partial charge on any atom is 0.338 e. The molecule has 1 aromatic heterocycles. The summed E-state index contributed by atoms with van der Waals surface area (Å²) in [4.78, 5) is 35.8. The molecule has 186 valence electrons. The van der Waals surface area contributed by atoms with Crippen LogP contribution in [0.1, 0.15) is 58.9 Å². The van der Waals surface area contributed by atoms with Gasteiger partial charge in [-0.3, -0.25) is 4.79 Å². The molecule has 3 aromatic rings. The van der Waals surface area contributed by atoms with Crippen LogP contribution in [0.2, 0.25) is 0 Å². The first-order valence-electron chi connectivity index (χ1n) is 12.4. The summed E-state index contributed by atoms with van der Waals surface area (Å²) < 4.78 is 11.3. The highest BCUT2D eigenvalue weighted by molar-refractivity contribution is 7.98. The summed E-state index contributed by atoms with van der Waals surface area (Å²) in [6.45, 7) is 2.14. The largest absolute Gasteiger partial charge is 0.490 e. The van der Waals surface area contributed by atoms with Gasteiger partial charge in [-0.25, -0.2) is 14.8 Å². The Balaban J connectivity index is 1.17. The van der Waals surface area contributed by atoms with E-state index in [-0.39, 0.29) is 30.1 Å². The summed E-state index contributed by atoms with van der Waals surface area (Å²) in [6.07, 6.45) is 7.16. The van der Waals surface area contributed by atoms with Crippen molar-refractivity contribution >= 4 is 23.6 Å². The van der Waals surface area contributed by atoms with Gasteiger partial charge >= 0.3 is 5.97 Å². The Labute approximate surface area is 215 Å². The highest BCUT2D eigenvalue weighted by atomic mass is 32.2. The molecule has 2 unspecified atom stereocenters. The molecule has 0 N–H and O–H groups in total. The van der Waals surface area contributed by atoms with E-state index < -0.39 is 0 Å². The van der Waals surface area contributed by atoms with Crippen molar-refractivity contribution in [3.05, 3.63) is 83.7 Å². The summed E-state index contributed by atoms with van der Waals surface area (Å²) >= 11 is 1.58. The molecular formula is C28H29N3O4S. The number of carbonyl (C=O) groups excluding carboxylic acids is 2. The summed E-state index contributed by atoms with van der Waals surface area (Å²) in [5.74, 6) is 1.27. The van der Waals surface area contributed by atoms with E-state index >= 15 is 0 Å². The lowest BCUT2D eigenvalue weighted by molar-refractivity contribution is 0.0359. The zero-order valence-electron chi connectivity index (χ0n) is 20.2. The molecule has 8 heteroatoms. The molecule has 2 bridgehead atoms. The lowest BCUT2D eigenvalue weighted by atomic mass is 9.98. The molecule has 3 heterocycles. The minimum absolute atomic E-state index is 0.0552. The maximum atomic E-state index is 13.4. The number of esters is 1. The van der Waals surface area contributed by atoms with Crippen LogP contribution in [0.3, 0.4) is 0 Å². The normalized spacial score (nSPS) is 20.7. The molecule has 1 amide bonds.